The van der Waals surface area contributed by atoms with E-state index < -0.39 is 11.6 Å². The maximum atomic E-state index is 13.5. The predicted octanol–water partition coefficient (Wildman–Crippen LogP) is 7.95. The van der Waals surface area contributed by atoms with Gasteiger partial charge in [-0.15, -0.1) is 0 Å². The Morgan fingerprint density at radius 1 is 0.361 bits per heavy atom. The Kier molecular flexibility index (Phi) is 18.8. The minimum Gasteiger partial charge on any atom is -0.486 e. The molecule has 1 rings (SSSR count). The van der Waals surface area contributed by atoms with Gasteiger partial charge in [-0.1, -0.05) is 105 Å². The third kappa shape index (κ3) is 12.3. The van der Waals surface area contributed by atoms with E-state index in [-0.39, 0.29) is 23.0 Å². The molecule has 6 heteroatoms. The first-order valence-electron chi connectivity index (χ1n) is 14.7. The van der Waals surface area contributed by atoms with E-state index in [0.717, 1.165) is 103 Å². The summed E-state index contributed by atoms with van der Waals surface area (Å²) in [4.78, 5) is 27.0. The number of ketones is 2. The molecule has 1 aliphatic rings. The van der Waals surface area contributed by atoms with Crippen molar-refractivity contribution in [3.8, 4) is 0 Å². The quantitative estimate of drug-likeness (QED) is 0.0973. The Labute approximate surface area is 220 Å². The first-order chi connectivity index (χ1) is 17.6. The highest BCUT2D eigenvalue weighted by molar-refractivity contribution is 6.21. The van der Waals surface area contributed by atoms with Crippen LogP contribution >= 0.6 is 0 Å². The average molecular weight is 509 g/mol. The smallest absolute Gasteiger partial charge is 0.270 e. The van der Waals surface area contributed by atoms with Crippen molar-refractivity contribution in [2.24, 2.45) is 0 Å². The zero-order valence-corrected chi connectivity index (χ0v) is 23.6. The molecule has 0 spiro atoms. The van der Waals surface area contributed by atoms with Gasteiger partial charge in [-0.05, 0) is 25.7 Å². The van der Waals surface area contributed by atoms with Gasteiger partial charge in [0.2, 0.25) is 23.0 Å². The van der Waals surface area contributed by atoms with E-state index in [4.69, 9.17) is 18.9 Å². The molecule has 0 aliphatic heterocycles. The number of rotatable bonds is 24. The molecule has 0 saturated heterocycles. The minimum atomic E-state index is -0.437. The molecule has 0 heterocycles. The second-order valence-corrected chi connectivity index (χ2v) is 9.61. The topological polar surface area (TPSA) is 71.1 Å². The molecule has 0 saturated carbocycles. The first kappa shape index (κ1) is 32.0. The van der Waals surface area contributed by atoms with Crippen molar-refractivity contribution < 1.29 is 28.5 Å². The summed E-state index contributed by atoms with van der Waals surface area (Å²) in [6.07, 6.45) is 16.2. The summed E-state index contributed by atoms with van der Waals surface area (Å²) in [5.74, 6) is -0.953. The number of ether oxygens (including phenoxy) is 4. The van der Waals surface area contributed by atoms with Crippen LogP contribution in [0.25, 0.3) is 0 Å². The van der Waals surface area contributed by atoms with Crippen molar-refractivity contribution in [2.75, 3.05) is 26.4 Å². The number of unbranched alkanes of at least 4 members (excludes halogenated alkanes) is 12. The van der Waals surface area contributed by atoms with Gasteiger partial charge in [0.1, 0.15) is 0 Å². The van der Waals surface area contributed by atoms with Crippen LogP contribution in [-0.4, -0.2) is 38.0 Å². The van der Waals surface area contributed by atoms with E-state index in [9.17, 15) is 9.59 Å². The fourth-order valence-electron chi connectivity index (χ4n) is 3.96. The van der Waals surface area contributed by atoms with Crippen molar-refractivity contribution in [1.82, 2.24) is 0 Å². The van der Waals surface area contributed by atoms with Crippen molar-refractivity contribution in [2.45, 2.75) is 130 Å². The summed E-state index contributed by atoms with van der Waals surface area (Å²) in [7, 11) is 0. The molecule has 1 aliphatic carbocycles. The van der Waals surface area contributed by atoms with E-state index in [0.29, 0.717) is 26.4 Å². The molecule has 0 unspecified atom stereocenters. The molecule has 0 aromatic rings. The Morgan fingerprint density at radius 3 is 0.778 bits per heavy atom. The zero-order valence-electron chi connectivity index (χ0n) is 23.6. The normalized spacial score (nSPS) is 14.0. The molecule has 0 bridgehead atoms. The van der Waals surface area contributed by atoms with Gasteiger partial charge < -0.3 is 18.9 Å². The highest BCUT2D eigenvalue weighted by Crippen LogP contribution is 2.29. The van der Waals surface area contributed by atoms with Crippen LogP contribution in [-0.2, 0) is 28.5 Å². The van der Waals surface area contributed by atoms with E-state index >= 15 is 0 Å². The third-order valence-electron chi connectivity index (χ3n) is 6.21. The van der Waals surface area contributed by atoms with Crippen LogP contribution in [0.5, 0.6) is 0 Å². The summed E-state index contributed by atoms with van der Waals surface area (Å²) < 4.78 is 23.6. The maximum Gasteiger partial charge on any atom is 0.270 e. The Hall–Kier alpha value is -1.98. The van der Waals surface area contributed by atoms with Gasteiger partial charge in [-0.2, -0.15) is 0 Å². The van der Waals surface area contributed by atoms with E-state index in [2.05, 4.69) is 27.7 Å². The second kappa shape index (κ2) is 21.1. The Morgan fingerprint density at radius 2 is 0.583 bits per heavy atom. The van der Waals surface area contributed by atoms with E-state index in [1.54, 1.807) is 0 Å². The highest BCUT2D eigenvalue weighted by Gasteiger charge is 2.40. The lowest BCUT2D eigenvalue weighted by molar-refractivity contribution is -0.127. The fourth-order valence-corrected chi connectivity index (χ4v) is 3.96. The van der Waals surface area contributed by atoms with Crippen LogP contribution in [0.4, 0.5) is 0 Å². The summed E-state index contributed by atoms with van der Waals surface area (Å²) in [6, 6.07) is 0. The van der Waals surface area contributed by atoms with E-state index in [1.807, 2.05) is 0 Å². The Bertz CT molecular complexity index is 569. The predicted molar refractivity (Wildman–Crippen MR) is 144 cm³/mol. The molecule has 0 atom stereocenters. The van der Waals surface area contributed by atoms with Crippen LogP contribution in [0.1, 0.15) is 130 Å². The number of carbonyl (C=O) groups excluding carboxylic acids is 2. The molecule has 6 nitrogen and oxygen atoms in total. The van der Waals surface area contributed by atoms with Crippen LogP contribution in [0, 0.1) is 0 Å². The molecule has 36 heavy (non-hydrogen) atoms. The lowest BCUT2D eigenvalue weighted by atomic mass is 10.0. The Balaban J connectivity index is 3.05. The van der Waals surface area contributed by atoms with Gasteiger partial charge >= 0.3 is 0 Å². The third-order valence-corrected chi connectivity index (χ3v) is 6.21. The van der Waals surface area contributed by atoms with Crippen LogP contribution in [0.3, 0.4) is 0 Å². The summed E-state index contributed by atoms with van der Waals surface area (Å²) in [5, 5.41) is 0. The van der Waals surface area contributed by atoms with Gasteiger partial charge in [-0.25, -0.2) is 0 Å². The van der Waals surface area contributed by atoms with Crippen molar-refractivity contribution in [3.63, 3.8) is 0 Å². The minimum absolute atomic E-state index is 0.0196. The SMILES string of the molecule is CCCCCCOC1=C(OCCCCCC)C(=O)C(OCCCCCC)=C(OCCCCCC)C1=O. The number of carbonyl (C=O) groups is 2. The number of hydrogen-bond donors (Lipinski definition) is 0. The summed E-state index contributed by atoms with van der Waals surface area (Å²) in [6.45, 7) is 10.1. The molecular formula is C30H52O6. The molecule has 0 radical (unpaired) electrons. The number of hydrogen-bond acceptors (Lipinski definition) is 6. The summed E-state index contributed by atoms with van der Waals surface area (Å²) >= 11 is 0. The zero-order chi connectivity index (χ0) is 26.4. The lowest BCUT2D eigenvalue weighted by Crippen LogP contribution is -2.30. The summed E-state index contributed by atoms with van der Waals surface area (Å²) in [5.41, 5.74) is 0. The van der Waals surface area contributed by atoms with Crippen LogP contribution in [0.2, 0.25) is 0 Å². The molecule has 0 fully saturated rings. The number of Topliss-reactive ketones (excluding diaryl/α,β-unsaturated/α-hetero) is 2. The van der Waals surface area contributed by atoms with E-state index in [1.165, 1.54) is 0 Å². The molecule has 0 amide bonds. The molecule has 0 aromatic heterocycles. The molecule has 208 valence electrons. The molecule has 0 aromatic carbocycles. The molecular weight excluding hydrogens is 456 g/mol. The maximum absolute atomic E-state index is 13.5. The lowest BCUT2D eigenvalue weighted by Gasteiger charge is -2.24. The van der Waals surface area contributed by atoms with Crippen molar-refractivity contribution in [3.05, 3.63) is 23.0 Å². The second-order valence-electron chi connectivity index (χ2n) is 9.61. The van der Waals surface area contributed by atoms with Gasteiger partial charge in [0.15, 0.2) is 0 Å². The van der Waals surface area contributed by atoms with Crippen LogP contribution in [0.15, 0.2) is 23.0 Å². The van der Waals surface area contributed by atoms with Crippen molar-refractivity contribution >= 4 is 11.6 Å². The monoisotopic (exact) mass is 508 g/mol. The van der Waals surface area contributed by atoms with Gasteiger partial charge in [0, 0.05) is 0 Å². The van der Waals surface area contributed by atoms with Gasteiger partial charge in [-0.3, -0.25) is 9.59 Å². The molecule has 0 N–H and O–H groups in total. The fraction of sp³-hybridized carbons (Fsp3) is 0.800. The van der Waals surface area contributed by atoms with Gasteiger partial charge in [0.25, 0.3) is 11.6 Å². The standard InChI is InChI=1S/C30H52O6/c1-5-9-13-17-21-33-27-25(31)29(35-23-19-15-11-7-3)30(36-24-20-16-12-8-4)26(32)28(27)34-22-18-14-10-6-2/h5-24H2,1-4H3. The van der Waals surface area contributed by atoms with Crippen LogP contribution < -0.4 is 0 Å². The average Bonchev–Trinajstić information content (AvgIpc) is 2.88. The highest BCUT2D eigenvalue weighted by atomic mass is 16.5. The van der Waals surface area contributed by atoms with Gasteiger partial charge in [0.05, 0.1) is 26.4 Å². The first-order valence-corrected chi connectivity index (χ1v) is 14.7. The largest absolute Gasteiger partial charge is 0.486 e. The van der Waals surface area contributed by atoms with Crippen molar-refractivity contribution in [1.29, 1.82) is 0 Å².